The van der Waals surface area contributed by atoms with Gasteiger partial charge in [-0.15, -0.1) is 0 Å². The van der Waals surface area contributed by atoms with Crippen molar-refractivity contribution in [1.82, 2.24) is 10.2 Å². The third kappa shape index (κ3) is 7.60. The Labute approximate surface area is 234 Å². The second-order valence-corrected chi connectivity index (χ2v) is 10.5. The molecule has 4 N–H and O–H groups in total. The number of carbonyl (C=O) groups is 4. The minimum absolute atomic E-state index is 0.447. The maximum absolute atomic E-state index is 13.8. The molecule has 0 fully saturated rings. The van der Waals surface area contributed by atoms with Gasteiger partial charge < -0.3 is 21.1 Å². The second kappa shape index (κ2) is 12.3. The van der Waals surface area contributed by atoms with E-state index < -0.39 is 47.9 Å². The van der Waals surface area contributed by atoms with Gasteiger partial charge >= 0.3 is 6.09 Å². The van der Waals surface area contributed by atoms with Crippen molar-refractivity contribution < 1.29 is 23.9 Å². The normalized spacial score (nSPS) is 12.5. The summed E-state index contributed by atoms with van der Waals surface area (Å²) in [7, 11) is 0. The smallest absolute Gasteiger partial charge is 0.408 e. The van der Waals surface area contributed by atoms with Gasteiger partial charge in [-0.3, -0.25) is 19.3 Å². The summed E-state index contributed by atoms with van der Waals surface area (Å²) < 4.78 is 5.25. The van der Waals surface area contributed by atoms with Crippen LogP contribution < -0.4 is 16.4 Å². The number of carbonyl (C=O) groups excluding carboxylic acids is 4. The van der Waals surface area contributed by atoms with Crippen LogP contribution in [-0.2, 0) is 19.1 Å². The summed E-state index contributed by atoms with van der Waals surface area (Å²) >= 11 is 0. The predicted molar refractivity (Wildman–Crippen MR) is 154 cm³/mol. The average Bonchev–Trinajstić information content (AvgIpc) is 2.86. The summed E-state index contributed by atoms with van der Waals surface area (Å²) in [6.07, 6.45) is 4.31. The zero-order chi connectivity index (χ0) is 29.6. The summed E-state index contributed by atoms with van der Waals surface area (Å²) in [5, 5.41) is 7.14. The fraction of sp³-hybridized carbons (Fsp3) is 0.290. The molecule has 9 heteroatoms. The molecule has 208 valence electrons. The number of fused-ring (bicyclic) bond motifs is 1. The number of hydrogen-bond donors (Lipinski definition) is 3. The second-order valence-electron chi connectivity index (χ2n) is 10.5. The third-order valence-electron chi connectivity index (χ3n) is 6.14. The zero-order valence-corrected chi connectivity index (χ0v) is 23.3. The van der Waals surface area contributed by atoms with E-state index in [1.807, 2.05) is 56.3 Å². The van der Waals surface area contributed by atoms with Crippen LogP contribution in [0.15, 0.2) is 60.7 Å². The molecular formula is C31H34N4O5. The molecule has 0 aliphatic rings. The lowest BCUT2D eigenvalue weighted by Gasteiger charge is -2.30. The van der Waals surface area contributed by atoms with Gasteiger partial charge in [0, 0.05) is 11.7 Å². The number of terminal acetylenes is 1. The molecule has 0 bridgehead atoms. The maximum Gasteiger partial charge on any atom is 0.408 e. The lowest BCUT2D eigenvalue weighted by molar-refractivity contribution is -0.138. The number of aryl methyl sites for hydroxylation is 2. The van der Waals surface area contributed by atoms with Crippen LogP contribution in [0.2, 0.25) is 0 Å². The number of nitrogens with two attached hydrogens (primary N) is 1. The molecule has 3 aromatic carbocycles. The number of ether oxygens (including phenoxy) is 1. The summed E-state index contributed by atoms with van der Waals surface area (Å²) in [5.74, 6) is -2.31. The highest BCUT2D eigenvalue weighted by Gasteiger charge is 2.37. The van der Waals surface area contributed by atoms with Crippen molar-refractivity contribution in [3.8, 4) is 12.5 Å². The van der Waals surface area contributed by atoms with Gasteiger partial charge in [0.05, 0.1) is 6.42 Å². The van der Waals surface area contributed by atoms with Crippen molar-refractivity contribution in [2.24, 2.45) is 5.73 Å². The average molecular weight is 543 g/mol. The van der Waals surface area contributed by atoms with Crippen LogP contribution in [0.4, 0.5) is 10.5 Å². The minimum Gasteiger partial charge on any atom is -0.444 e. The lowest BCUT2D eigenvalue weighted by Crippen LogP contribution is -2.52. The Morgan fingerprint density at radius 1 is 0.975 bits per heavy atom. The van der Waals surface area contributed by atoms with Gasteiger partial charge in [0.2, 0.25) is 5.91 Å². The van der Waals surface area contributed by atoms with Gasteiger partial charge in [-0.2, -0.15) is 0 Å². The Kier molecular flexibility index (Phi) is 9.17. The summed E-state index contributed by atoms with van der Waals surface area (Å²) in [4.78, 5) is 52.7. The molecule has 3 aromatic rings. The number of nitrogens with one attached hydrogen (secondary N) is 2. The van der Waals surface area contributed by atoms with E-state index in [1.165, 1.54) is 0 Å². The van der Waals surface area contributed by atoms with Crippen molar-refractivity contribution in [3.63, 3.8) is 0 Å². The first kappa shape index (κ1) is 29.7. The standard InChI is InChI=1S/C31H34N4O5/c1-7-35(29(38)25(18-26(32)36)34-30(39)40-31(4,5)6)27(23-13-12-19(2)20(3)16-23)28(37)33-24-15-14-21-10-8-9-11-22(21)17-24/h1,8-17,25,27H,18H2,2-6H3,(H2,32,36)(H,33,37)(H,34,39). The Balaban J connectivity index is 2.01. The number of alkyl carbamates (subject to hydrolysis) is 1. The number of hydrogen-bond acceptors (Lipinski definition) is 5. The summed E-state index contributed by atoms with van der Waals surface area (Å²) in [5.41, 5.74) is 7.32. The van der Waals surface area contributed by atoms with Crippen LogP contribution in [0.25, 0.3) is 10.8 Å². The topological polar surface area (TPSA) is 131 Å². The lowest BCUT2D eigenvalue weighted by atomic mass is 9.98. The van der Waals surface area contributed by atoms with E-state index in [-0.39, 0.29) is 0 Å². The van der Waals surface area contributed by atoms with Crippen molar-refractivity contribution >= 4 is 40.3 Å². The van der Waals surface area contributed by atoms with Gasteiger partial charge in [-0.1, -0.05) is 55.0 Å². The quantitative estimate of drug-likeness (QED) is 0.288. The van der Waals surface area contributed by atoms with E-state index >= 15 is 0 Å². The molecule has 2 unspecified atom stereocenters. The first-order valence-electron chi connectivity index (χ1n) is 12.7. The predicted octanol–water partition coefficient (Wildman–Crippen LogP) is 4.32. The SMILES string of the molecule is C#CN(C(=O)C(CC(N)=O)NC(=O)OC(C)(C)C)C(C(=O)Nc1ccc2ccccc2c1)c1ccc(C)c(C)c1. The zero-order valence-electron chi connectivity index (χ0n) is 23.3. The van der Waals surface area contributed by atoms with Gasteiger partial charge in [0.1, 0.15) is 17.7 Å². The van der Waals surface area contributed by atoms with E-state index in [0.717, 1.165) is 26.8 Å². The number of anilines is 1. The first-order chi connectivity index (χ1) is 18.8. The van der Waals surface area contributed by atoms with Crippen LogP contribution in [0, 0.1) is 26.3 Å². The van der Waals surface area contributed by atoms with E-state index in [4.69, 9.17) is 16.9 Å². The van der Waals surface area contributed by atoms with Crippen LogP contribution in [0.3, 0.4) is 0 Å². The van der Waals surface area contributed by atoms with Crippen molar-refractivity contribution in [1.29, 1.82) is 0 Å². The number of benzene rings is 3. The monoisotopic (exact) mass is 542 g/mol. The molecule has 0 radical (unpaired) electrons. The van der Waals surface area contributed by atoms with Crippen LogP contribution in [0.1, 0.15) is 49.9 Å². The van der Waals surface area contributed by atoms with E-state index in [1.54, 1.807) is 39.0 Å². The highest BCUT2D eigenvalue weighted by molar-refractivity contribution is 6.01. The molecular weight excluding hydrogens is 508 g/mol. The number of amides is 4. The molecule has 0 aromatic heterocycles. The Morgan fingerprint density at radius 3 is 2.25 bits per heavy atom. The fourth-order valence-electron chi connectivity index (χ4n) is 4.11. The summed E-state index contributed by atoms with van der Waals surface area (Å²) in [6, 6.07) is 17.9. The van der Waals surface area contributed by atoms with Gasteiger partial charge in [-0.05, 0) is 74.2 Å². The van der Waals surface area contributed by atoms with Crippen LogP contribution >= 0.6 is 0 Å². The van der Waals surface area contributed by atoms with Gasteiger partial charge in [-0.25, -0.2) is 4.79 Å². The molecule has 40 heavy (non-hydrogen) atoms. The molecule has 4 amide bonds. The van der Waals surface area contributed by atoms with Gasteiger partial charge in [0.15, 0.2) is 0 Å². The van der Waals surface area contributed by atoms with E-state index in [2.05, 4.69) is 16.7 Å². The number of nitrogens with zero attached hydrogens (tertiary/aromatic N) is 1. The first-order valence-corrected chi connectivity index (χ1v) is 12.7. The Morgan fingerprint density at radius 2 is 1.65 bits per heavy atom. The molecule has 0 aliphatic carbocycles. The summed E-state index contributed by atoms with van der Waals surface area (Å²) in [6.45, 7) is 8.74. The largest absolute Gasteiger partial charge is 0.444 e. The van der Waals surface area contributed by atoms with E-state index in [9.17, 15) is 19.2 Å². The Bertz CT molecular complexity index is 1490. The minimum atomic E-state index is -1.47. The van der Waals surface area contributed by atoms with Gasteiger partial charge in [0.25, 0.3) is 11.8 Å². The van der Waals surface area contributed by atoms with Crippen LogP contribution in [0.5, 0.6) is 0 Å². The molecule has 0 saturated heterocycles. The fourth-order valence-corrected chi connectivity index (χ4v) is 4.11. The highest BCUT2D eigenvalue weighted by atomic mass is 16.6. The third-order valence-corrected chi connectivity index (χ3v) is 6.14. The molecule has 9 nitrogen and oxygen atoms in total. The molecule has 3 rings (SSSR count). The molecule has 2 atom stereocenters. The van der Waals surface area contributed by atoms with E-state index in [0.29, 0.717) is 11.3 Å². The molecule has 0 saturated carbocycles. The maximum atomic E-state index is 13.8. The number of rotatable bonds is 8. The van der Waals surface area contributed by atoms with Crippen LogP contribution in [-0.4, -0.2) is 40.4 Å². The highest BCUT2D eigenvalue weighted by Crippen LogP contribution is 2.27. The molecule has 0 aliphatic heterocycles. The molecule has 0 heterocycles. The van der Waals surface area contributed by atoms with Crippen molar-refractivity contribution in [2.45, 2.75) is 58.7 Å². The molecule has 0 spiro atoms. The van der Waals surface area contributed by atoms with Crippen molar-refractivity contribution in [2.75, 3.05) is 5.32 Å². The Hall–Kier alpha value is -4.84. The van der Waals surface area contributed by atoms with Crippen molar-refractivity contribution in [3.05, 3.63) is 77.4 Å². The number of primary amides is 1.